The number of aryl methyl sites for hydroxylation is 1. The van der Waals surface area contributed by atoms with Crippen molar-refractivity contribution in [3.63, 3.8) is 0 Å². The lowest BCUT2D eigenvalue weighted by molar-refractivity contribution is -0.869. The predicted molar refractivity (Wildman–Crippen MR) is 55.7 cm³/mol. The number of morpholine rings is 1. The Bertz CT molecular complexity index is 358. The van der Waals surface area contributed by atoms with Crippen molar-refractivity contribution in [1.29, 1.82) is 0 Å². The molecule has 0 saturated carbocycles. The first-order chi connectivity index (χ1) is 7.75. The molecule has 2 rings (SSSR count). The number of nitrogens with zero attached hydrogens (tertiary/aromatic N) is 2. The lowest BCUT2D eigenvalue weighted by atomic mass is 10.3. The first-order valence-electron chi connectivity index (χ1n) is 5.28. The minimum atomic E-state index is -0.336. The fraction of sp³-hybridized carbons (Fsp3) is 0.455. The second-order valence-corrected chi connectivity index (χ2v) is 3.69. The minimum absolute atomic E-state index is 0.336. The summed E-state index contributed by atoms with van der Waals surface area (Å²) in [5.74, 6) is 0. The van der Waals surface area contributed by atoms with Gasteiger partial charge in [-0.25, -0.2) is 4.79 Å². The Kier molecular flexibility index (Phi) is 3.36. The Balaban J connectivity index is 1.93. The molecule has 0 radical (unpaired) electrons. The predicted octanol–water partition coefficient (Wildman–Crippen LogP) is 0.163. The van der Waals surface area contributed by atoms with Gasteiger partial charge in [0.1, 0.15) is 0 Å². The van der Waals surface area contributed by atoms with Crippen molar-refractivity contribution in [2.45, 2.75) is 6.92 Å². The summed E-state index contributed by atoms with van der Waals surface area (Å²) < 4.78 is 6.57. The zero-order valence-corrected chi connectivity index (χ0v) is 9.26. The van der Waals surface area contributed by atoms with E-state index in [2.05, 4.69) is 0 Å². The highest BCUT2D eigenvalue weighted by molar-refractivity contribution is 5.67. The molecule has 0 atom stereocenters. The van der Waals surface area contributed by atoms with E-state index in [9.17, 15) is 4.79 Å². The van der Waals surface area contributed by atoms with Crippen LogP contribution in [0.1, 0.15) is 5.56 Å². The zero-order chi connectivity index (χ0) is 11.4. The average molecular weight is 223 g/mol. The Labute approximate surface area is 94.1 Å². The average Bonchev–Trinajstić information content (AvgIpc) is 2.33. The van der Waals surface area contributed by atoms with E-state index in [1.807, 2.05) is 19.1 Å². The Morgan fingerprint density at radius 1 is 1.38 bits per heavy atom. The third-order valence-electron chi connectivity index (χ3n) is 2.42. The van der Waals surface area contributed by atoms with Crippen molar-refractivity contribution in [1.82, 2.24) is 4.90 Å². The van der Waals surface area contributed by atoms with Crippen LogP contribution in [0.5, 0.6) is 0 Å². The van der Waals surface area contributed by atoms with E-state index in [0.717, 1.165) is 5.56 Å². The molecule has 1 aromatic heterocycles. The summed E-state index contributed by atoms with van der Waals surface area (Å²) in [7, 11) is 0. The largest absolute Gasteiger partial charge is 0.478 e. The van der Waals surface area contributed by atoms with Crippen LogP contribution in [0, 0.1) is 6.92 Å². The van der Waals surface area contributed by atoms with Gasteiger partial charge in [-0.2, -0.15) is 4.84 Å². The van der Waals surface area contributed by atoms with Gasteiger partial charge in [0.05, 0.1) is 13.2 Å². The Morgan fingerprint density at radius 2 is 2.00 bits per heavy atom. The van der Waals surface area contributed by atoms with Crippen LogP contribution >= 0.6 is 0 Å². The fourth-order valence-electron chi connectivity index (χ4n) is 1.44. The number of pyridine rings is 1. The summed E-state index contributed by atoms with van der Waals surface area (Å²) in [6, 6.07) is 3.76. The summed E-state index contributed by atoms with van der Waals surface area (Å²) in [5.41, 5.74) is 1.12. The van der Waals surface area contributed by atoms with E-state index in [1.165, 1.54) is 4.73 Å². The van der Waals surface area contributed by atoms with Gasteiger partial charge in [0.25, 0.3) is 0 Å². The number of carbonyl (C=O) groups is 1. The molecule has 0 aliphatic carbocycles. The third-order valence-corrected chi connectivity index (χ3v) is 2.42. The molecule has 0 unspecified atom stereocenters. The number of rotatable bonds is 1. The molecule has 0 spiro atoms. The maximum atomic E-state index is 11.7. The fourth-order valence-corrected chi connectivity index (χ4v) is 1.44. The van der Waals surface area contributed by atoms with Gasteiger partial charge in [-0.3, -0.25) is 4.90 Å². The summed E-state index contributed by atoms with van der Waals surface area (Å²) in [5, 5.41) is 0. The molecule has 1 aromatic rings. The van der Waals surface area contributed by atoms with Crippen LogP contribution in [0.4, 0.5) is 4.79 Å². The molecule has 5 nitrogen and oxygen atoms in total. The van der Waals surface area contributed by atoms with Gasteiger partial charge in [-0.05, 0) is 12.5 Å². The maximum Gasteiger partial charge on any atom is 0.478 e. The molecule has 1 aliphatic heterocycles. The molecule has 5 heteroatoms. The zero-order valence-electron chi connectivity index (χ0n) is 9.26. The molecule has 0 bridgehead atoms. The number of ether oxygens (including phenoxy) is 1. The lowest BCUT2D eigenvalue weighted by Crippen LogP contribution is -2.53. The van der Waals surface area contributed by atoms with Crippen LogP contribution in [0.25, 0.3) is 0 Å². The lowest BCUT2D eigenvalue weighted by Gasteiger charge is -2.23. The molecule has 0 aromatic carbocycles. The molecule has 1 saturated heterocycles. The van der Waals surface area contributed by atoms with Crippen molar-refractivity contribution in [3.05, 3.63) is 30.1 Å². The van der Waals surface area contributed by atoms with Gasteiger partial charge in [-0.15, -0.1) is 0 Å². The van der Waals surface area contributed by atoms with Crippen molar-refractivity contribution in [2.24, 2.45) is 0 Å². The van der Waals surface area contributed by atoms with Crippen LogP contribution in [-0.4, -0.2) is 37.3 Å². The number of amides is 1. The topological polar surface area (TPSA) is 42.7 Å². The Hall–Kier alpha value is -1.62. The smallest absolute Gasteiger partial charge is 0.378 e. The highest BCUT2D eigenvalue weighted by Gasteiger charge is 2.22. The highest BCUT2D eigenvalue weighted by Crippen LogP contribution is 1.97. The second-order valence-electron chi connectivity index (χ2n) is 3.69. The van der Waals surface area contributed by atoms with Crippen LogP contribution in [0.15, 0.2) is 24.5 Å². The normalized spacial score (nSPS) is 15.9. The summed E-state index contributed by atoms with van der Waals surface area (Å²) in [6.45, 7) is 4.31. The number of carbonyl (C=O) groups excluding carboxylic acids is 1. The van der Waals surface area contributed by atoms with Gasteiger partial charge >= 0.3 is 6.09 Å². The van der Waals surface area contributed by atoms with Gasteiger partial charge < -0.3 is 4.74 Å². The van der Waals surface area contributed by atoms with Crippen molar-refractivity contribution in [2.75, 3.05) is 26.3 Å². The van der Waals surface area contributed by atoms with E-state index < -0.39 is 0 Å². The van der Waals surface area contributed by atoms with Gasteiger partial charge in [0, 0.05) is 30.0 Å². The monoisotopic (exact) mass is 223 g/mol. The van der Waals surface area contributed by atoms with Gasteiger partial charge in [0.2, 0.25) is 12.4 Å². The van der Waals surface area contributed by atoms with Gasteiger partial charge in [0.15, 0.2) is 0 Å². The van der Waals surface area contributed by atoms with Crippen molar-refractivity contribution >= 4 is 6.09 Å². The van der Waals surface area contributed by atoms with E-state index in [0.29, 0.717) is 26.3 Å². The maximum absolute atomic E-state index is 11.7. The molecule has 16 heavy (non-hydrogen) atoms. The van der Waals surface area contributed by atoms with E-state index >= 15 is 0 Å². The number of hydrogen-bond donors (Lipinski definition) is 0. The molecular formula is C11H15N2O3+. The molecular weight excluding hydrogens is 208 g/mol. The summed E-state index contributed by atoms with van der Waals surface area (Å²) in [6.07, 6.45) is 3.10. The molecule has 1 amide bonds. The van der Waals surface area contributed by atoms with E-state index in [-0.39, 0.29) is 6.09 Å². The molecule has 2 heterocycles. The first kappa shape index (κ1) is 10.9. The molecule has 1 fully saturated rings. The van der Waals surface area contributed by atoms with E-state index in [4.69, 9.17) is 9.57 Å². The molecule has 0 N–H and O–H groups in total. The first-order valence-corrected chi connectivity index (χ1v) is 5.28. The SMILES string of the molecule is Cc1cc[n+](OC(=O)N2CCOCC2)cc1. The molecule has 1 aliphatic rings. The van der Waals surface area contributed by atoms with Crippen LogP contribution in [0.3, 0.4) is 0 Å². The summed E-state index contributed by atoms with van der Waals surface area (Å²) in [4.78, 5) is 18.5. The summed E-state index contributed by atoms with van der Waals surface area (Å²) >= 11 is 0. The van der Waals surface area contributed by atoms with Gasteiger partial charge in [-0.1, -0.05) is 0 Å². The number of hydrogen-bond acceptors (Lipinski definition) is 3. The number of aromatic nitrogens is 1. The highest BCUT2D eigenvalue weighted by atomic mass is 16.7. The standard InChI is InChI=1S/C11H15N2O3/c1-10-2-4-13(5-3-10)16-11(14)12-6-8-15-9-7-12/h2-5H,6-9H2,1H3/q+1. The van der Waals surface area contributed by atoms with Crippen LogP contribution < -0.4 is 9.57 Å². The molecule has 86 valence electrons. The van der Waals surface area contributed by atoms with Crippen molar-refractivity contribution < 1.29 is 19.1 Å². The third kappa shape index (κ3) is 2.70. The quantitative estimate of drug-likeness (QED) is 0.637. The van der Waals surface area contributed by atoms with Crippen molar-refractivity contribution in [3.8, 4) is 0 Å². The minimum Gasteiger partial charge on any atom is -0.378 e. The van der Waals surface area contributed by atoms with Crippen LogP contribution in [0.2, 0.25) is 0 Å². The van der Waals surface area contributed by atoms with E-state index in [1.54, 1.807) is 17.3 Å². The Morgan fingerprint density at radius 3 is 2.62 bits per heavy atom. The van der Waals surface area contributed by atoms with Crippen LogP contribution in [-0.2, 0) is 4.74 Å². The second kappa shape index (κ2) is 4.94.